The highest BCUT2D eigenvalue weighted by atomic mass is 16.6. The van der Waals surface area contributed by atoms with Gasteiger partial charge in [-0.05, 0) is 45.1 Å². The summed E-state index contributed by atoms with van der Waals surface area (Å²) < 4.78 is 10.6. The fourth-order valence-corrected chi connectivity index (χ4v) is 4.28. The van der Waals surface area contributed by atoms with E-state index in [0.717, 1.165) is 18.4 Å². The number of carbonyl (C=O) groups is 4. The minimum absolute atomic E-state index is 0.0133. The van der Waals surface area contributed by atoms with Crippen LogP contribution < -0.4 is 10.6 Å². The predicted molar refractivity (Wildman–Crippen MR) is 146 cm³/mol. The van der Waals surface area contributed by atoms with Crippen LogP contribution in [0.3, 0.4) is 0 Å². The third-order valence-electron chi connectivity index (χ3n) is 6.38. The molecule has 3 amide bonds. The van der Waals surface area contributed by atoms with Gasteiger partial charge in [0, 0.05) is 13.0 Å². The van der Waals surface area contributed by atoms with Gasteiger partial charge < -0.3 is 30.1 Å². The number of carbonyl (C=O) groups excluding carboxylic acids is 4. The van der Waals surface area contributed by atoms with Crippen molar-refractivity contribution < 1.29 is 33.8 Å². The van der Waals surface area contributed by atoms with Crippen molar-refractivity contribution in [3.63, 3.8) is 0 Å². The van der Waals surface area contributed by atoms with Crippen molar-refractivity contribution in [1.29, 1.82) is 0 Å². The Morgan fingerprint density at radius 3 is 2.46 bits per heavy atom. The zero-order valence-electron chi connectivity index (χ0n) is 22.9. The molecule has 0 aromatic heterocycles. The van der Waals surface area contributed by atoms with Crippen molar-refractivity contribution in [3.8, 4) is 0 Å². The molecule has 3 unspecified atom stereocenters. The van der Waals surface area contributed by atoms with Gasteiger partial charge in [-0.1, -0.05) is 42.5 Å². The van der Waals surface area contributed by atoms with Crippen LogP contribution in [0.15, 0.2) is 55.6 Å². The highest BCUT2D eigenvalue weighted by Crippen LogP contribution is 2.21. The molecule has 0 spiro atoms. The Labute approximate surface area is 230 Å². The number of esters is 1. The van der Waals surface area contributed by atoms with Gasteiger partial charge in [0.1, 0.15) is 19.3 Å². The highest BCUT2D eigenvalue weighted by molar-refractivity contribution is 5.86. The van der Waals surface area contributed by atoms with Gasteiger partial charge in [-0.15, -0.1) is 13.2 Å². The summed E-state index contributed by atoms with van der Waals surface area (Å²) in [4.78, 5) is 52.5. The van der Waals surface area contributed by atoms with Crippen LogP contribution in [-0.2, 0) is 30.5 Å². The summed E-state index contributed by atoms with van der Waals surface area (Å²) in [6.45, 7) is 11.0. The van der Waals surface area contributed by atoms with Crippen molar-refractivity contribution in [2.24, 2.45) is 5.92 Å². The predicted octanol–water partition coefficient (Wildman–Crippen LogP) is 2.86. The van der Waals surface area contributed by atoms with Crippen LogP contribution in [-0.4, -0.2) is 71.3 Å². The van der Waals surface area contributed by atoms with Gasteiger partial charge in [0.05, 0.1) is 24.1 Å². The second-order valence-corrected chi connectivity index (χ2v) is 10.3. The molecule has 0 bridgehead atoms. The SMILES string of the molecule is C=CCC(CC(=O)N1CCCC1CO)C(=O)NC(C)(C)COC(=O)C(CC=C)NC(=O)OCc1ccccc1. The van der Waals surface area contributed by atoms with Gasteiger partial charge in [-0.25, -0.2) is 9.59 Å². The normalized spacial score (nSPS) is 16.5. The van der Waals surface area contributed by atoms with E-state index in [1.54, 1.807) is 24.8 Å². The molecule has 0 saturated carbocycles. The second kappa shape index (κ2) is 15.7. The minimum Gasteiger partial charge on any atom is -0.462 e. The summed E-state index contributed by atoms with van der Waals surface area (Å²) in [5, 5.41) is 14.9. The number of rotatable bonds is 15. The number of alkyl carbamates (subject to hydrolysis) is 1. The topological polar surface area (TPSA) is 134 Å². The fraction of sp³-hybridized carbons (Fsp3) is 0.517. The molecule has 0 radical (unpaired) electrons. The van der Waals surface area contributed by atoms with E-state index < -0.39 is 29.6 Å². The maximum absolute atomic E-state index is 13.1. The minimum atomic E-state index is -1.01. The van der Waals surface area contributed by atoms with Gasteiger partial charge in [-0.2, -0.15) is 0 Å². The van der Waals surface area contributed by atoms with Crippen molar-refractivity contribution in [1.82, 2.24) is 15.5 Å². The molecule has 39 heavy (non-hydrogen) atoms. The van der Waals surface area contributed by atoms with E-state index in [1.807, 2.05) is 30.3 Å². The summed E-state index contributed by atoms with van der Waals surface area (Å²) in [6, 6.07) is 7.90. The lowest BCUT2D eigenvalue weighted by Crippen LogP contribution is -2.51. The van der Waals surface area contributed by atoms with Crippen molar-refractivity contribution in [2.45, 2.75) is 70.2 Å². The van der Waals surface area contributed by atoms with Gasteiger partial charge in [-0.3, -0.25) is 9.59 Å². The molecule has 1 fully saturated rings. The number of ether oxygens (including phenoxy) is 2. The van der Waals surface area contributed by atoms with Gasteiger partial charge in [0.2, 0.25) is 11.8 Å². The summed E-state index contributed by atoms with van der Waals surface area (Å²) >= 11 is 0. The fourth-order valence-electron chi connectivity index (χ4n) is 4.28. The zero-order chi connectivity index (χ0) is 28.8. The summed E-state index contributed by atoms with van der Waals surface area (Å²) in [6.07, 6.45) is 4.26. The number of hydrogen-bond acceptors (Lipinski definition) is 7. The van der Waals surface area contributed by atoms with Crippen molar-refractivity contribution in [2.75, 3.05) is 19.8 Å². The van der Waals surface area contributed by atoms with Crippen LogP contribution in [0.25, 0.3) is 0 Å². The maximum Gasteiger partial charge on any atom is 0.408 e. The van der Waals surface area contributed by atoms with Crippen LogP contribution in [0.5, 0.6) is 0 Å². The quantitative estimate of drug-likeness (QED) is 0.229. The standard InChI is InChI=1S/C29H41N3O7/c1-5-11-22(17-25(34)32-16-10-15-23(32)18-33)26(35)31-29(3,4)20-39-27(36)24(12-6-2)30-28(37)38-19-21-13-8-7-9-14-21/h5-9,13-14,22-24,33H,1-2,10-12,15-20H2,3-4H3,(H,30,37)(H,31,35). The Kier molecular flexibility index (Phi) is 12.7. The molecular formula is C29H41N3O7. The summed E-state index contributed by atoms with van der Waals surface area (Å²) in [5.74, 6) is -1.90. The molecule has 10 heteroatoms. The Morgan fingerprint density at radius 1 is 1.13 bits per heavy atom. The summed E-state index contributed by atoms with van der Waals surface area (Å²) in [7, 11) is 0. The molecule has 1 aromatic carbocycles. The number of amides is 3. The van der Waals surface area contributed by atoms with Crippen LogP contribution in [0.2, 0.25) is 0 Å². The number of aliphatic hydroxyl groups is 1. The van der Waals surface area contributed by atoms with Crippen molar-refractivity contribution in [3.05, 3.63) is 61.2 Å². The third kappa shape index (κ3) is 10.6. The molecule has 10 nitrogen and oxygen atoms in total. The Bertz CT molecular complexity index is 996. The Hall–Kier alpha value is -3.66. The molecule has 0 aliphatic carbocycles. The van der Waals surface area contributed by atoms with E-state index in [1.165, 1.54) is 6.08 Å². The van der Waals surface area contributed by atoms with E-state index >= 15 is 0 Å². The summed E-state index contributed by atoms with van der Waals surface area (Å²) in [5.41, 5.74) is -0.152. The molecule has 1 aliphatic heterocycles. The zero-order valence-corrected chi connectivity index (χ0v) is 22.9. The second-order valence-electron chi connectivity index (χ2n) is 10.3. The molecule has 1 heterocycles. The molecule has 2 rings (SSSR count). The number of likely N-dealkylation sites (tertiary alicyclic amines) is 1. The van der Waals surface area contributed by atoms with Gasteiger partial charge in [0.25, 0.3) is 0 Å². The molecule has 3 atom stereocenters. The lowest BCUT2D eigenvalue weighted by Gasteiger charge is -2.30. The largest absolute Gasteiger partial charge is 0.462 e. The third-order valence-corrected chi connectivity index (χ3v) is 6.38. The van der Waals surface area contributed by atoms with E-state index in [9.17, 15) is 24.3 Å². The van der Waals surface area contributed by atoms with E-state index in [4.69, 9.17) is 9.47 Å². The Balaban J connectivity index is 1.89. The first-order valence-corrected chi connectivity index (χ1v) is 13.2. The smallest absolute Gasteiger partial charge is 0.408 e. The molecule has 3 N–H and O–H groups in total. The first kappa shape index (κ1) is 31.6. The first-order valence-electron chi connectivity index (χ1n) is 13.2. The van der Waals surface area contributed by atoms with Crippen LogP contribution >= 0.6 is 0 Å². The molecule has 214 valence electrons. The lowest BCUT2D eigenvalue weighted by atomic mass is 9.97. The van der Waals surface area contributed by atoms with Gasteiger partial charge in [0.15, 0.2) is 0 Å². The molecule has 1 aromatic rings. The number of benzene rings is 1. The van der Waals surface area contributed by atoms with E-state index in [0.29, 0.717) is 13.0 Å². The number of nitrogens with zero attached hydrogens (tertiary/aromatic N) is 1. The number of aliphatic hydroxyl groups excluding tert-OH is 1. The average Bonchev–Trinajstić information content (AvgIpc) is 3.40. The first-order chi connectivity index (χ1) is 18.6. The Morgan fingerprint density at radius 2 is 1.82 bits per heavy atom. The highest BCUT2D eigenvalue weighted by Gasteiger charge is 2.33. The van der Waals surface area contributed by atoms with Crippen LogP contribution in [0.4, 0.5) is 4.79 Å². The molecular weight excluding hydrogens is 502 g/mol. The number of nitrogens with one attached hydrogen (secondary N) is 2. The number of allylic oxidation sites excluding steroid dienone is 1. The monoisotopic (exact) mass is 543 g/mol. The van der Waals surface area contributed by atoms with Crippen LogP contribution in [0.1, 0.15) is 51.5 Å². The maximum atomic E-state index is 13.1. The average molecular weight is 544 g/mol. The van der Waals surface area contributed by atoms with Crippen LogP contribution in [0, 0.1) is 5.92 Å². The van der Waals surface area contributed by atoms with E-state index in [-0.39, 0.29) is 50.5 Å². The van der Waals surface area contributed by atoms with E-state index in [2.05, 4.69) is 23.8 Å². The number of hydrogen-bond donors (Lipinski definition) is 3. The van der Waals surface area contributed by atoms with Crippen molar-refractivity contribution >= 4 is 23.9 Å². The van der Waals surface area contributed by atoms with Gasteiger partial charge >= 0.3 is 12.1 Å². The molecule has 1 aliphatic rings. The lowest BCUT2D eigenvalue weighted by molar-refractivity contribution is -0.149. The molecule has 1 saturated heterocycles.